The Bertz CT molecular complexity index is 385. The third-order valence-corrected chi connectivity index (χ3v) is 2.90. The van der Waals surface area contributed by atoms with Crippen molar-refractivity contribution in [3.63, 3.8) is 0 Å². The van der Waals surface area contributed by atoms with Crippen molar-refractivity contribution in [1.82, 2.24) is 0 Å². The second-order valence-corrected chi connectivity index (χ2v) is 3.93. The molecule has 0 amide bonds. The minimum Gasteiger partial charge on any atom is -0.497 e. The van der Waals surface area contributed by atoms with Crippen LogP contribution in [0.1, 0.15) is 18.6 Å². The number of rotatable bonds is 2. The van der Waals surface area contributed by atoms with Crippen LogP contribution in [-0.4, -0.2) is 24.3 Å². The Kier molecular flexibility index (Phi) is 2.83. The van der Waals surface area contributed by atoms with Gasteiger partial charge in [-0.05, 0) is 17.7 Å². The van der Waals surface area contributed by atoms with Crippen LogP contribution in [0, 0.1) is 5.92 Å². The fourth-order valence-corrected chi connectivity index (χ4v) is 1.85. The van der Waals surface area contributed by atoms with Crippen molar-refractivity contribution in [3.8, 4) is 5.75 Å². The van der Waals surface area contributed by atoms with Gasteiger partial charge < -0.3 is 14.6 Å². The maximum Gasteiger partial charge on any atom is 0.336 e. The van der Waals surface area contributed by atoms with E-state index >= 15 is 0 Å². The van der Waals surface area contributed by atoms with Crippen molar-refractivity contribution in [2.24, 2.45) is 5.92 Å². The molecule has 1 aliphatic heterocycles. The summed E-state index contributed by atoms with van der Waals surface area (Å²) in [6.45, 7) is 1.80. The van der Waals surface area contributed by atoms with E-state index in [1.54, 1.807) is 26.2 Å². The number of hydrogen-bond donors (Lipinski definition) is 1. The van der Waals surface area contributed by atoms with Crippen LogP contribution in [0.5, 0.6) is 5.75 Å². The molecule has 0 aliphatic carbocycles. The second-order valence-electron chi connectivity index (χ2n) is 3.93. The zero-order chi connectivity index (χ0) is 11.7. The molecule has 1 aromatic carbocycles. The number of esters is 1. The van der Waals surface area contributed by atoms with Gasteiger partial charge in [0, 0.05) is 5.92 Å². The zero-order valence-electron chi connectivity index (χ0n) is 9.21. The molecule has 1 aliphatic rings. The van der Waals surface area contributed by atoms with E-state index in [0.29, 0.717) is 0 Å². The summed E-state index contributed by atoms with van der Waals surface area (Å²) >= 11 is 0. The number of aliphatic hydroxyl groups excluding tert-OH is 1. The molecule has 3 atom stereocenters. The smallest absolute Gasteiger partial charge is 0.336 e. The van der Waals surface area contributed by atoms with Crippen LogP contribution in [0.4, 0.5) is 0 Å². The van der Waals surface area contributed by atoms with Crippen LogP contribution in [0.2, 0.25) is 0 Å². The molecule has 0 unspecified atom stereocenters. The van der Waals surface area contributed by atoms with Crippen molar-refractivity contribution in [2.75, 3.05) is 7.11 Å². The molecule has 4 nitrogen and oxygen atoms in total. The molecular formula is C12H14O4. The Morgan fingerprint density at radius 1 is 1.31 bits per heavy atom. The largest absolute Gasteiger partial charge is 0.497 e. The molecule has 1 saturated heterocycles. The highest BCUT2D eigenvalue weighted by Gasteiger charge is 2.41. The van der Waals surface area contributed by atoms with Crippen molar-refractivity contribution < 1.29 is 19.4 Å². The predicted molar refractivity (Wildman–Crippen MR) is 57.0 cm³/mol. The first kappa shape index (κ1) is 11.0. The standard InChI is InChI=1S/C12H14O4/c1-7-10(13)12(14)16-11(7)8-3-5-9(15-2)6-4-8/h3-7,10-11,13H,1-2H3/t7-,10+,11-/m0/s1. The van der Waals surface area contributed by atoms with E-state index in [9.17, 15) is 9.90 Å². The maximum absolute atomic E-state index is 11.2. The molecular weight excluding hydrogens is 208 g/mol. The normalized spacial score (nSPS) is 28.9. The average molecular weight is 222 g/mol. The third-order valence-electron chi connectivity index (χ3n) is 2.90. The molecule has 0 spiro atoms. The second kappa shape index (κ2) is 4.14. The molecule has 1 fully saturated rings. The van der Waals surface area contributed by atoms with Crippen LogP contribution >= 0.6 is 0 Å². The number of carbonyl (C=O) groups excluding carboxylic acids is 1. The predicted octanol–water partition coefficient (Wildman–Crippen LogP) is 1.29. The van der Waals surface area contributed by atoms with E-state index in [2.05, 4.69) is 0 Å². The first-order chi connectivity index (χ1) is 7.63. The topological polar surface area (TPSA) is 55.8 Å². The summed E-state index contributed by atoms with van der Waals surface area (Å²) in [6.07, 6.45) is -1.39. The minimum atomic E-state index is -1.02. The Morgan fingerprint density at radius 3 is 2.38 bits per heavy atom. The number of benzene rings is 1. The summed E-state index contributed by atoms with van der Waals surface area (Å²) < 4.78 is 10.2. The SMILES string of the molecule is COc1ccc([C@H]2OC(=O)[C@H](O)[C@@H]2C)cc1. The number of aliphatic hydroxyl groups is 1. The molecule has 0 bridgehead atoms. The van der Waals surface area contributed by atoms with Gasteiger partial charge in [0.1, 0.15) is 11.9 Å². The van der Waals surface area contributed by atoms with Crippen LogP contribution in [0.25, 0.3) is 0 Å². The van der Waals surface area contributed by atoms with Crippen LogP contribution in [0.15, 0.2) is 24.3 Å². The van der Waals surface area contributed by atoms with Gasteiger partial charge in [-0.3, -0.25) is 0 Å². The van der Waals surface area contributed by atoms with Gasteiger partial charge >= 0.3 is 5.97 Å². The molecule has 86 valence electrons. The van der Waals surface area contributed by atoms with Gasteiger partial charge in [-0.1, -0.05) is 19.1 Å². The third kappa shape index (κ3) is 1.76. The zero-order valence-corrected chi connectivity index (χ0v) is 9.21. The molecule has 0 aromatic heterocycles. The molecule has 1 heterocycles. The Hall–Kier alpha value is -1.55. The van der Waals surface area contributed by atoms with Gasteiger partial charge in [0.25, 0.3) is 0 Å². The lowest BCUT2D eigenvalue weighted by molar-refractivity contribution is -0.147. The lowest BCUT2D eigenvalue weighted by Gasteiger charge is -2.14. The molecule has 1 N–H and O–H groups in total. The highest BCUT2D eigenvalue weighted by atomic mass is 16.6. The molecule has 2 rings (SSSR count). The average Bonchev–Trinajstić information content (AvgIpc) is 2.57. The molecule has 4 heteroatoms. The summed E-state index contributed by atoms with van der Waals surface area (Å²) in [5, 5.41) is 9.50. The summed E-state index contributed by atoms with van der Waals surface area (Å²) in [7, 11) is 1.59. The van der Waals surface area contributed by atoms with Gasteiger partial charge in [0.2, 0.25) is 0 Å². The molecule has 16 heavy (non-hydrogen) atoms. The van der Waals surface area contributed by atoms with Gasteiger partial charge in [-0.15, -0.1) is 0 Å². The fraction of sp³-hybridized carbons (Fsp3) is 0.417. The molecule has 0 radical (unpaired) electrons. The van der Waals surface area contributed by atoms with Crippen LogP contribution in [0.3, 0.4) is 0 Å². The van der Waals surface area contributed by atoms with E-state index in [1.165, 1.54) is 0 Å². The van der Waals surface area contributed by atoms with Crippen LogP contribution < -0.4 is 4.74 Å². The first-order valence-electron chi connectivity index (χ1n) is 5.16. The quantitative estimate of drug-likeness (QED) is 0.766. The van der Waals surface area contributed by atoms with Crippen molar-refractivity contribution in [1.29, 1.82) is 0 Å². The lowest BCUT2D eigenvalue weighted by Crippen LogP contribution is -2.19. The number of ether oxygens (including phenoxy) is 2. The van der Waals surface area contributed by atoms with Crippen molar-refractivity contribution in [3.05, 3.63) is 29.8 Å². The highest BCUT2D eigenvalue weighted by Crippen LogP contribution is 2.35. The lowest BCUT2D eigenvalue weighted by atomic mass is 9.95. The van der Waals surface area contributed by atoms with E-state index in [0.717, 1.165) is 11.3 Å². The summed E-state index contributed by atoms with van der Waals surface area (Å²) in [5.41, 5.74) is 0.873. The number of methoxy groups -OCH3 is 1. The van der Waals surface area contributed by atoms with E-state index in [4.69, 9.17) is 9.47 Å². The summed E-state index contributed by atoms with van der Waals surface area (Å²) in [5.74, 6) is -0.0181. The van der Waals surface area contributed by atoms with E-state index in [-0.39, 0.29) is 12.0 Å². The Labute approximate surface area is 93.8 Å². The Balaban J connectivity index is 2.21. The van der Waals surface area contributed by atoms with E-state index < -0.39 is 12.1 Å². The van der Waals surface area contributed by atoms with Gasteiger partial charge in [0.05, 0.1) is 7.11 Å². The van der Waals surface area contributed by atoms with Gasteiger partial charge in [0.15, 0.2) is 6.10 Å². The maximum atomic E-state index is 11.2. The van der Waals surface area contributed by atoms with Crippen molar-refractivity contribution in [2.45, 2.75) is 19.1 Å². The summed E-state index contributed by atoms with van der Waals surface area (Å²) in [6, 6.07) is 7.29. The highest BCUT2D eigenvalue weighted by molar-refractivity contribution is 5.77. The number of cyclic esters (lactones) is 1. The van der Waals surface area contributed by atoms with E-state index in [1.807, 2.05) is 12.1 Å². The number of carbonyl (C=O) groups is 1. The monoisotopic (exact) mass is 222 g/mol. The van der Waals surface area contributed by atoms with Crippen LogP contribution in [-0.2, 0) is 9.53 Å². The molecule has 0 saturated carbocycles. The summed E-state index contributed by atoms with van der Waals surface area (Å²) in [4.78, 5) is 11.2. The van der Waals surface area contributed by atoms with Gasteiger partial charge in [-0.25, -0.2) is 4.79 Å². The van der Waals surface area contributed by atoms with Gasteiger partial charge in [-0.2, -0.15) is 0 Å². The number of hydrogen-bond acceptors (Lipinski definition) is 4. The fourth-order valence-electron chi connectivity index (χ4n) is 1.85. The van der Waals surface area contributed by atoms with Crippen molar-refractivity contribution >= 4 is 5.97 Å². The first-order valence-corrected chi connectivity index (χ1v) is 5.16. The molecule has 1 aromatic rings. The Morgan fingerprint density at radius 2 is 1.94 bits per heavy atom. The minimum absolute atomic E-state index is 0.221.